The van der Waals surface area contributed by atoms with Gasteiger partial charge in [0.1, 0.15) is 0 Å². The summed E-state index contributed by atoms with van der Waals surface area (Å²) in [4.78, 5) is 16.8. The van der Waals surface area contributed by atoms with E-state index in [-0.39, 0.29) is 30.6 Å². The normalized spacial score (nSPS) is 19.1. The fraction of sp³-hybridized carbons (Fsp3) is 0.632. The molecule has 1 aromatic rings. The highest BCUT2D eigenvalue weighted by molar-refractivity contribution is 5.74. The van der Waals surface area contributed by atoms with Crippen molar-refractivity contribution in [1.82, 2.24) is 15.5 Å². The summed E-state index contributed by atoms with van der Waals surface area (Å²) in [7, 11) is 0. The topological polar surface area (TPSA) is 67.8 Å². The van der Waals surface area contributed by atoms with Gasteiger partial charge in [-0.3, -0.25) is 4.90 Å². The first-order chi connectivity index (χ1) is 12.0. The number of carbonyl (C=O) groups excluding carboxylic acids is 1. The van der Waals surface area contributed by atoms with Gasteiger partial charge < -0.3 is 20.6 Å². The number of aliphatic hydroxyl groups excluding tert-OH is 1. The maximum atomic E-state index is 12.0. The second-order valence-electron chi connectivity index (χ2n) is 7.09. The van der Waals surface area contributed by atoms with E-state index in [4.69, 9.17) is 5.11 Å². The average molecular weight is 348 g/mol. The molecule has 1 aliphatic rings. The number of nitrogens with zero attached hydrogens (tertiary/aromatic N) is 2. The maximum absolute atomic E-state index is 12.0. The van der Waals surface area contributed by atoms with Crippen LogP contribution in [0.4, 0.5) is 10.5 Å². The second kappa shape index (κ2) is 9.63. The molecule has 3 N–H and O–H groups in total. The van der Waals surface area contributed by atoms with Crippen molar-refractivity contribution in [1.29, 1.82) is 0 Å². The van der Waals surface area contributed by atoms with E-state index in [1.807, 2.05) is 26.8 Å². The number of benzene rings is 1. The zero-order chi connectivity index (χ0) is 18.2. The third-order valence-electron chi connectivity index (χ3n) is 4.90. The Kier molecular flexibility index (Phi) is 7.52. The minimum atomic E-state index is -0.164. The van der Waals surface area contributed by atoms with Gasteiger partial charge in [-0.25, -0.2) is 4.79 Å². The van der Waals surface area contributed by atoms with Crippen LogP contribution in [0.15, 0.2) is 30.3 Å². The number of hydrogen-bond donors (Lipinski definition) is 3. The fourth-order valence-electron chi connectivity index (χ4n) is 3.03. The lowest BCUT2D eigenvalue weighted by Gasteiger charge is -2.37. The molecule has 1 aromatic carbocycles. The molecule has 0 spiro atoms. The zero-order valence-corrected chi connectivity index (χ0v) is 15.6. The molecule has 1 heterocycles. The van der Waals surface area contributed by atoms with Crippen LogP contribution in [0.1, 0.15) is 20.8 Å². The van der Waals surface area contributed by atoms with Gasteiger partial charge in [0.25, 0.3) is 0 Å². The standard InChI is InChI=1S/C19H32N4O2/c1-15(14-24)17(3)21-19(25)20-16(2)13-22-9-11-23(12-10-22)18-7-5-4-6-8-18/h4-8,15-17,24H,9-14H2,1-3H3,(H2,20,21,25). The van der Waals surface area contributed by atoms with Gasteiger partial charge in [-0.05, 0) is 31.9 Å². The van der Waals surface area contributed by atoms with Gasteiger partial charge in [-0.1, -0.05) is 25.1 Å². The molecule has 3 unspecified atom stereocenters. The fourth-order valence-corrected chi connectivity index (χ4v) is 3.03. The Hall–Kier alpha value is -1.79. The van der Waals surface area contributed by atoms with Crippen molar-refractivity contribution in [2.75, 3.05) is 44.2 Å². The van der Waals surface area contributed by atoms with Crippen LogP contribution in [0.2, 0.25) is 0 Å². The van der Waals surface area contributed by atoms with Crippen LogP contribution < -0.4 is 15.5 Å². The smallest absolute Gasteiger partial charge is 0.315 e. The van der Waals surface area contributed by atoms with Gasteiger partial charge in [-0.2, -0.15) is 0 Å². The van der Waals surface area contributed by atoms with Crippen LogP contribution in [-0.4, -0.2) is 67.5 Å². The SMILES string of the molecule is CC(CN1CCN(c2ccccc2)CC1)NC(=O)NC(C)C(C)CO. The Morgan fingerprint density at radius 2 is 1.72 bits per heavy atom. The van der Waals surface area contributed by atoms with Gasteiger partial charge >= 0.3 is 6.03 Å². The van der Waals surface area contributed by atoms with Gasteiger partial charge in [0.15, 0.2) is 0 Å². The van der Waals surface area contributed by atoms with Gasteiger partial charge in [0.2, 0.25) is 0 Å². The summed E-state index contributed by atoms with van der Waals surface area (Å²) >= 11 is 0. The molecular formula is C19H32N4O2. The van der Waals surface area contributed by atoms with Crippen molar-refractivity contribution in [2.24, 2.45) is 5.92 Å². The van der Waals surface area contributed by atoms with Crippen LogP contribution in [0.3, 0.4) is 0 Å². The van der Waals surface area contributed by atoms with E-state index < -0.39 is 0 Å². The molecule has 0 radical (unpaired) electrons. The zero-order valence-electron chi connectivity index (χ0n) is 15.6. The van der Waals surface area contributed by atoms with Crippen LogP contribution in [0.25, 0.3) is 0 Å². The number of hydrogen-bond acceptors (Lipinski definition) is 4. The number of carbonyl (C=O) groups is 1. The van der Waals surface area contributed by atoms with E-state index in [0.717, 1.165) is 32.7 Å². The first-order valence-electron chi connectivity index (χ1n) is 9.20. The number of piperazine rings is 1. The Balaban J connectivity index is 1.69. The molecule has 1 fully saturated rings. The number of amides is 2. The average Bonchev–Trinajstić information content (AvgIpc) is 2.62. The number of rotatable bonds is 7. The summed E-state index contributed by atoms with van der Waals surface area (Å²) < 4.78 is 0. The Labute approximate surface area is 151 Å². The Morgan fingerprint density at radius 3 is 2.32 bits per heavy atom. The van der Waals surface area contributed by atoms with Crippen LogP contribution in [-0.2, 0) is 0 Å². The molecular weight excluding hydrogens is 316 g/mol. The van der Waals surface area contributed by atoms with Crippen molar-refractivity contribution in [3.8, 4) is 0 Å². The summed E-state index contributed by atoms with van der Waals surface area (Å²) in [5.41, 5.74) is 1.28. The largest absolute Gasteiger partial charge is 0.396 e. The van der Waals surface area contributed by atoms with Crippen molar-refractivity contribution >= 4 is 11.7 Å². The van der Waals surface area contributed by atoms with Crippen LogP contribution >= 0.6 is 0 Å². The highest BCUT2D eigenvalue weighted by atomic mass is 16.3. The number of urea groups is 1. The molecule has 2 amide bonds. The van der Waals surface area contributed by atoms with E-state index in [1.165, 1.54) is 5.69 Å². The lowest BCUT2D eigenvalue weighted by molar-refractivity contribution is 0.195. The van der Waals surface area contributed by atoms with Crippen molar-refractivity contribution in [2.45, 2.75) is 32.9 Å². The molecule has 1 saturated heterocycles. The van der Waals surface area contributed by atoms with Gasteiger partial charge in [-0.15, -0.1) is 0 Å². The first-order valence-corrected chi connectivity index (χ1v) is 9.20. The molecule has 0 saturated carbocycles. The lowest BCUT2D eigenvalue weighted by Crippen LogP contribution is -2.53. The molecule has 140 valence electrons. The number of nitrogens with one attached hydrogen (secondary N) is 2. The highest BCUT2D eigenvalue weighted by Crippen LogP contribution is 2.15. The predicted molar refractivity (Wildman–Crippen MR) is 102 cm³/mol. The predicted octanol–water partition coefficient (Wildman–Crippen LogP) is 1.51. The lowest BCUT2D eigenvalue weighted by atomic mass is 10.1. The van der Waals surface area contributed by atoms with E-state index in [0.29, 0.717) is 0 Å². The Morgan fingerprint density at radius 1 is 1.08 bits per heavy atom. The van der Waals surface area contributed by atoms with Crippen molar-refractivity contribution in [3.63, 3.8) is 0 Å². The quantitative estimate of drug-likeness (QED) is 0.699. The Bertz CT molecular complexity index is 517. The maximum Gasteiger partial charge on any atom is 0.315 e. The van der Waals surface area contributed by atoms with Crippen LogP contribution in [0.5, 0.6) is 0 Å². The van der Waals surface area contributed by atoms with Crippen molar-refractivity contribution < 1.29 is 9.90 Å². The molecule has 2 rings (SSSR count). The van der Waals surface area contributed by atoms with Crippen molar-refractivity contribution in [3.05, 3.63) is 30.3 Å². The van der Waals surface area contributed by atoms with Gasteiger partial charge in [0.05, 0.1) is 0 Å². The molecule has 1 aliphatic heterocycles. The molecule has 0 bridgehead atoms. The first kappa shape index (κ1) is 19.5. The monoisotopic (exact) mass is 348 g/mol. The molecule has 6 nitrogen and oxygen atoms in total. The second-order valence-corrected chi connectivity index (χ2v) is 7.09. The minimum Gasteiger partial charge on any atom is -0.396 e. The summed E-state index contributed by atoms with van der Waals surface area (Å²) in [5, 5.41) is 15.0. The van der Waals surface area contributed by atoms with E-state index >= 15 is 0 Å². The minimum absolute atomic E-state index is 0.0483. The molecule has 3 atom stereocenters. The van der Waals surface area contributed by atoms with Gasteiger partial charge in [0, 0.05) is 57.1 Å². The molecule has 0 aliphatic carbocycles. The summed E-state index contributed by atoms with van der Waals surface area (Å²) in [6.07, 6.45) is 0. The molecule has 0 aromatic heterocycles. The third kappa shape index (κ3) is 6.21. The van der Waals surface area contributed by atoms with E-state index in [1.54, 1.807) is 0 Å². The number of anilines is 1. The number of aliphatic hydroxyl groups is 1. The third-order valence-corrected chi connectivity index (χ3v) is 4.90. The number of para-hydroxylation sites is 1. The summed E-state index contributed by atoms with van der Waals surface area (Å²) in [5.74, 6) is 0.0483. The van der Waals surface area contributed by atoms with E-state index in [9.17, 15) is 4.79 Å². The molecule has 6 heteroatoms. The van der Waals surface area contributed by atoms with Crippen LogP contribution in [0, 0.1) is 5.92 Å². The summed E-state index contributed by atoms with van der Waals surface area (Å²) in [6.45, 7) is 10.8. The molecule has 25 heavy (non-hydrogen) atoms. The summed E-state index contributed by atoms with van der Waals surface area (Å²) in [6, 6.07) is 10.4. The van der Waals surface area contributed by atoms with E-state index in [2.05, 4.69) is 44.7 Å². The highest BCUT2D eigenvalue weighted by Gasteiger charge is 2.20.